The number of aromatic nitrogens is 4. The van der Waals surface area contributed by atoms with Gasteiger partial charge in [0.25, 0.3) is 0 Å². The molecule has 4 aromatic rings. The van der Waals surface area contributed by atoms with Crippen molar-refractivity contribution in [3.8, 4) is 17.1 Å². The van der Waals surface area contributed by atoms with Crippen LogP contribution in [0, 0.1) is 0 Å². The van der Waals surface area contributed by atoms with Gasteiger partial charge in [-0.25, -0.2) is 4.98 Å². The van der Waals surface area contributed by atoms with E-state index in [1.165, 1.54) is 0 Å². The van der Waals surface area contributed by atoms with Gasteiger partial charge in [0.2, 0.25) is 5.89 Å². The summed E-state index contributed by atoms with van der Waals surface area (Å²) in [5, 5.41) is 7.61. The molecule has 2 heterocycles. The van der Waals surface area contributed by atoms with Crippen molar-refractivity contribution in [2.45, 2.75) is 0 Å². The van der Waals surface area contributed by atoms with Gasteiger partial charge in [-0.3, -0.25) is 4.57 Å². The molecule has 0 aliphatic carbocycles. The second-order valence-electron chi connectivity index (χ2n) is 4.55. The largest absolute Gasteiger partial charge is 0.436 e. The number of nitrogens with zero attached hydrogens (tertiary/aromatic N) is 4. The van der Waals surface area contributed by atoms with Crippen LogP contribution in [-0.4, -0.2) is 19.7 Å². The summed E-state index contributed by atoms with van der Waals surface area (Å²) in [6, 6.07) is 13.7. The fourth-order valence-corrected chi connectivity index (χ4v) is 2.55. The van der Waals surface area contributed by atoms with Gasteiger partial charge in [0.15, 0.2) is 5.58 Å². The molecule has 21 heavy (non-hydrogen) atoms. The summed E-state index contributed by atoms with van der Waals surface area (Å²) in [6.45, 7) is 0. The zero-order chi connectivity index (χ0) is 14.2. The van der Waals surface area contributed by atoms with Gasteiger partial charge in [-0.2, -0.15) is 0 Å². The Bertz CT molecular complexity index is 914. The lowest BCUT2D eigenvalue weighted by Crippen LogP contribution is -1.88. The van der Waals surface area contributed by atoms with Crippen molar-refractivity contribution in [3.63, 3.8) is 0 Å². The van der Waals surface area contributed by atoms with E-state index >= 15 is 0 Å². The number of halogens is 1. The second-order valence-corrected chi connectivity index (χ2v) is 5.47. The first-order chi connectivity index (χ1) is 10.3. The number of rotatable bonds is 2. The minimum Gasteiger partial charge on any atom is -0.436 e. The second kappa shape index (κ2) is 4.82. The highest BCUT2D eigenvalue weighted by Crippen LogP contribution is 2.27. The molecule has 0 bridgehead atoms. The maximum Gasteiger partial charge on any atom is 0.227 e. The minimum atomic E-state index is 0.604. The summed E-state index contributed by atoms with van der Waals surface area (Å²) in [5.74, 6) is 0.604. The van der Waals surface area contributed by atoms with Crippen molar-refractivity contribution < 1.29 is 4.42 Å². The number of oxazole rings is 1. The number of hydrogen-bond acceptors (Lipinski definition) is 4. The Hall–Kier alpha value is -2.47. The summed E-state index contributed by atoms with van der Waals surface area (Å²) < 4.78 is 8.63. The molecule has 0 saturated heterocycles. The molecule has 0 unspecified atom stereocenters. The number of hydrogen-bond donors (Lipinski definition) is 0. The summed E-state index contributed by atoms with van der Waals surface area (Å²) in [6.07, 6.45) is 3.30. The van der Waals surface area contributed by atoms with E-state index in [0.29, 0.717) is 5.89 Å². The van der Waals surface area contributed by atoms with E-state index in [1.54, 1.807) is 12.7 Å². The Morgan fingerprint density at radius 3 is 2.67 bits per heavy atom. The summed E-state index contributed by atoms with van der Waals surface area (Å²) in [4.78, 5) is 4.55. The van der Waals surface area contributed by atoms with Crippen LogP contribution in [0.3, 0.4) is 0 Å². The minimum absolute atomic E-state index is 0.604. The molecule has 0 spiro atoms. The predicted molar refractivity (Wildman–Crippen MR) is 82.1 cm³/mol. The molecule has 0 N–H and O–H groups in total. The lowest BCUT2D eigenvalue weighted by molar-refractivity contribution is 0.620. The van der Waals surface area contributed by atoms with E-state index in [4.69, 9.17) is 4.42 Å². The zero-order valence-corrected chi connectivity index (χ0v) is 12.4. The molecule has 4 rings (SSSR count). The first-order valence-corrected chi connectivity index (χ1v) is 7.10. The molecule has 0 aliphatic heterocycles. The first kappa shape index (κ1) is 12.3. The van der Waals surface area contributed by atoms with Gasteiger partial charge < -0.3 is 4.42 Å². The fourth-order valence-electron chi connectivity index (χ4n) is 2.16. The Labute approximate surface area is 128 Å². The normalized spacial score (nSPS) is 11.1. The van der Waals surface area contributed by atoms with Crippen LogP contribution in [0.4, 0.5) is 0 Å². The lowest BCUT2D eigenvalue weighted by Gasteiger charge is -1.98. The number of fused-ring (bicyclic) bond motifs is 1. The van der Waals surface area contributed by atoms with Crippen LogP contribution in [0.1, 0.15) is 0 Å². The highest BCUT2D eigenvalue weighted by Gasteiger charge is 2.09. The average Bonchev–Trinajstić information content (AvgIpc) is 3.16. The summed E-state index contributed by atoms with van der Waals surface area (Å²) in [7, 11) is 0. The third-order valence-electron chi connectivity index (χ3n) is 3.16. The van der Waals surface area contributed by atoms with E-state index in [0.717, 1.165) is 26.8 Å². The van der Waals surface area contributed by atoms with Crippen molar-refractivity contribution >= 4 is 27.0 Å². The maximum atomic E-state index is 5.81. The quantitative estimate of drug-likeness (QED) is 0.556. The highest BCUT2D eigenvalue weighted by molar-refractivity contribution is 9.10. The van der Waals surface area contributed by atoms with E-state index < -0.39 is 0 Å². The van der Waals surface area contributed by atoms with E-state index in [2.05, 4.69) is 31.1 Å². The predicted octanol–water partition coefficient (Wildman–Crippen LogP) is 3.84. The van der Waals surface area contributed by atoms with E-state index in [-0.39, 0.29) is 0 Å². The molecule has 102 valence electrons. The Morgan fingerprint density at radius 2 is 1.86 bits per heavy atom. The third-order valence-corrected chi connectivity index (χ3v) is 3.65. The van der Waals surface area contributed by atoms with E-state index in [9.17, 15) is 0 Å². The number of benzene rings is 2. The van der Waals surface area contributed by atoms with Crippen LogP contribution in [-0.2, 0) is 0 Å². The van der Waals surface area contributed by atoms with Gasteiger partial charge in [0, 0.05) is 10.0 Å². The third kappa shape index (κ3) is 2.23. The van der Waals surface area contributed by atoms with Gasteiger partial charge in [0.1, 0.15) is 18.2 Å². The molecule has 6 heteroatoms. The molecule has 0 atom stereocenters. The van der Waals surface area contributed by atoms with Crippen LogP contribution in [0.2, 0.25) is 0 Å². The molecule has 0 aliphatic rings. The Balaban J connectivity index is 1.83. The zero-order valence-electron chi connectivity index (χ0n) is 10.8. The van der Waals surface area contributed by atoms with Gasteiger partial charge in [-0.05, 0) is 36.4 Å². The molecular weight excluding hydrogens is 332 g/mol. The van der Waals surface area contributed by atoms with Crippen molar-refractivity contribution in [2.24, 2.45) is 0 Å². The van der Waals surface area contributed by atoms with Crippen LogP contribution < -0.4 is 0 Å². The van der Waals surface area contributed by atoms with Crippen molar-refractivity contribution in [3.05, 3.63) is 59.6 Å². The van der Waals surface area contributed by atoms with Crippen molar-refractivity contribution in [1.82, 2.24) is 19.7 Å². The lowest BCUT2D eigenvalue weighted by atomic mass is 10.2. The van der Waals surface area contributed by atoms with Gasteiger partial charge in [-0.1, -0.05) is 22.0 Å². The van der Waals surface area contributed by atoms with Crippen molar-refractivity contribution in [1.29, 1.82) is 0 Å². The van der Waals surface area contributed by atoms with Crippen LogP contribution in [0.25, 0.3) is 28.2 Å². The fraction of sp³-hybridized carbons (Fsp3) is 0. The highest BCUT2D eigenvalue weighted by atomic mass is 79.9. The smallest absolute Gasteiger partial charge is 0.227 e. The molecule has 0 fully saturated rings. The summed E-state index contributed by atoms with van der Waals surface area (Å²) in [5.41, 5.74) is 3.44. The Kier molecular flexibility index (Phi) is 2.82. The van der Waals surface area contributed by atoms with Gasteiger partial charge in [-0.15, -0.1) is 10.2 Å². The molecule has 5 nitrogen and oxygen atoms in total. The average molecular weight is 341 g/mol. The maximum absolute atomic E-state index is 5.81. The van der Waals surface area contributed by atoms with E-state index in [1.807, 2.05) is 47.0 Å². The van der Waals surface area contributed by atoms with Gasteiger partial charge >= 0.3 is 0 Å². The van der Waals surface area contributed by atoms with Crippen molar-refractivity contribution in [2.75, 3.05) is 0 Å². The molecule has 2 aromatic heterocycles. The van der Waals surface area contributed by atoms with Crippen LogP contribution >= 0.6 is 15.9 Å². The molecule has 0 amide bonds. The Morgan fingerprint density at radius 1 is 1.00 bits per heavy atom. The molecule has 0 saturated carbocycles. The molecule has 2 aromatic carbocycles. The van der Waals surface area contributed by atoms with Crippen LogP contribution in [0.15, 0.2) is 64.0 Å². The molecule has 0 radical (unpaired) electrons. The topological polar surface area (TPSA) is 56.7 Å². The first-order valence-electron chi connectivity index (χ1n) is 6.31. The summed E-state index contributed by atoms with van der Waals surface area (Å²) >= 11 is 3.45. The SMILES string of the molecule is Brc1cccc(-c2nc3cc(-n4cnnc4)ccc3o2)c1. The standard InChI is InChI=1S/C15H9BrN4O/c16-11-3-1-2-10(6-11)15-19-13-7-12(4-5-14(13)21-15)20-8-17-18-9-20/h1-9H. The monoisotopic (exact) mass is 340 g/mol. The van der Waals surface area contributed by atoms with Gasteiger partial charge in [0.05, 0.1) is 5.69 Å². The van der Waals surface area contributed by atoms with Crippen LogP contribution in [0.5, 0.6) is 0 Å². The molecular formula is C15H9BrN4O.